The van der Waals surface area contributed by atoms with Crippen molar-refractivity contribution in [2.24, 2.45) is 0 Å². The molecule has 3 nitrogen and oxygen atoms in total. The van der Waals surface area contributed by atoms with E-state index in [4.69, 9.17) is 4.74 Å². The molecule has 3 heteroatoms. The Morgan fingerprint density at radius 2 is 2.05 bits per heavy atom. The quantitative estimate of drug-likeness (QED) is 0.789. The maximum Gasteiger partial charge on any atom is 0.0589 e. The van der Waals surface area contributed by atoms with E-state index in [1.165, 1.54) is 24.1 Å². The lowest BCUT2D eigenvalue weighted by atomic mass is 10.1. The summed E-state index contributed by atoms with van der Waals surface area (Å²) in [6.07, 6.45) is 3.56. The van der Waals surface area contributed by atoms with Gasteiger partial charge in [-0.1, -0.05) is 32.0 Å². The third-order valence-electron chi connectivity index (χ3n) is 4.34. The number of fused-ring (bicyclic) bond motifs is 1. The van der Waals surface area contributed by atoms with E-state index < -0.39 is 0 Å². The van der Waals surface area contributed by atoms with E-state index in [0.29, 0.717) is 12.1 Å². The van der Waals surface area contributed by atoms with Gasteiger partial charge in [0.15, 0.2) is 0 Å². The summed E-state index contributed by atoms with van der Waals surface area (Å²) in [5, 5.41) is 3.66. The Hall–Kier alpha value is -1.06. The molecule has 0 fully saturated rings. The summed E-state index contributed by atoms with van der Waals surface area (Å²) in [6.45, 7) is 7.51. The maximum absolute atomic E-state index is 5.28. The van der Waals surface area contributed by atoms with Gasteiger partial charge in [-0.15, -0.1) is 0 Å². The molecule has 2 rings (SSSR count). The zero-order valence-electron chi connectivity index (χ0n) is 13.1. The number of anilines is 1. The van der Waals surface area contributed by atoms with E-state index >= 15 is 0 Å². The molecule has 0 spiro atoms. The van der Waals surface area contributed by atoms with Crippen molar-refractivity contribution in [1.82, 2.24) is 4.90 Å². The molecule has 20 heavy (non-hydrogen) atoms. The molecule has 1 aliphatic heterocycles. The first-order valence-corrected chi connectivity index (χ1v) is 7.85. The molecule has 112 valence electrons. The molecular weight excluding hydrogens is 248 g/mol. The number of hydrogen-bond donors (Lipinski definition) is 1. The van der Waals surface area contributed by atoms with E-state index in [-0.39, 0.29) is 0 Å². The third kappa shape index (κ3) is 3.74. The monoisotopic (exact) mass is 276 g/mol. The second-order valence-corrected chi connectivity index (χ2v) is 5.66. The summed E-state index contributed by atoms with van der Waals surface area (Å²) in [4.78, 5) is 2.59. The molecular formula is C17H28N2O. The Bertz CT molecular complexity index is 379. The lowest BCUT2D eigenvalue weighted by Crippen LogP contribution is -2.43. The molecule has 0 saturated heterocycles. The van der Waals surface area contributed by atoms with Crippen LogP contribution in [0.5, 0.6) is 0 Å². The van der Waals surface area contributed by atoms with Crippen LogP contribution in [0.1, 0.15) is 32.3 Å². The van der Waals surface area contributed by atoms with Crippen LogP contribution >= 0.6 is 0 Å². The predicted octanol–water partition coefficient (Wildman–Crippen LogP) is 3.16. The molecule has 1 heterocycles. The van der Waals surface area contributed by atoms with Crippen molar-refractivity contribution < 1.29 is 4.74 Å². The molecule has 0 bridgehead atoms. The minimum Gasteiger partial charge on any atom is -0.383 e. The number of hydrogen-bond acceptors (Lipinski definition) is 3. The van der Waals surface area contributed by atoms with Crippen molar-refractivity contribution in [3.63, 3.8) is 0 Å². The fourth-order valence-corrected chi connectivity index (χ4v) is 3.21. The van der Waals surface area contributed by atoms with Crippen LogP contribution in [0.25, 0.3) is 0 Å². The first kappa shape index (κ1) is 15.3. The minimum atomic E-state index is 0.532. The van der Waals surface area contributed by atoms with Gasteiger partial charge < -0.3 is 10.1 Å². The largest absolute Gasteiger partial charge is 0.383 e. The highest BCUT2D eigenvalue weighted by molar-refractivity contribution is 5.56. The number of nitrogens with zero attached hydrogens (tertiary/aromatic N) is 1. The maximum atomic E-state index is 5.28. The molecule has 0 saturated carbocycles. The van der Waals surface area contributed by atoms with Gasteiger partial charge in [-0.2, -0.15) is 0 Å². The van der Waals surface area contributed by atoms with Gasteiger partial charge in [0.05, 0.1) is 6.61 Å². The summed E-state index contributed by atoms with van der Waals surface area (Å²) in [6, 6.07) is 9.86. The van der Waals surface area contributed by atoms with E-state index in [9.17, 15) is 0 Å². The summed E-state index contributed by atoms with van der Waals surface area (Å²) >= 11 is 0. The van der Waals surface area contributed by atoms with Crippen LogP contribution in [0.15, 0.2) is 24.3 Å². The second-order valence-electron chi connectivity index (χ2n) is 5.66. The number of ether oxygens (including phenoxy) is 1. The van der Waals surface area contributed by atoms with Gasteiger partial charge in [0.1, 0.15) is 0 Å². The predicted molar refractivity (Wildman–Crippen MR) is 85.4 cm³/mol. The van der Waals surface area contributed by atoms with Gasteiger partial charge in [-0.05, 0) is 30.9 Å². The number of nitrogens with one attached hydrogen (secondary N) is 1. The van der Waals surface area contributed by atoms with E-state index in [2.05, 4.69) is 48.3 Å². The van der Waals surface area contributed by atoms with Crippen molar-refractivity contribution in [2.75, 3.05) is 32.1 Å². The Kier molecular flexibility index (Phi) is 5.86. The molecule has 0 radical (unpaired) electrons. The molecule has 1 aromatic rings. The third-order valence-corrected chi connectivity index (χ3v) is 4.34. The second kappa shape index (κ2) is 7.65. The van der Waals surface area contributed by atoms with Crippen molar-refractivity contribution in [1.29, 1.82) is 0 Å². The lowest BCUT2D eigenvalue weighted by molar-refractivity contribution is 0.112. The normalized spacial score (nSPS) is 17.6. The van der Waals surface area contributed by atoms with Gasteiger partial charge in [0.25, 0.3) is 0 Å². The average molecular weight is 276 g/mol. The number of benzene rings is 1. The number of methoxy groups -OCH3 is 1. The summed E-state index contributed by atoms with van der Waals surface area (Å²) < 4.78 is 5.28. The van der Waals surface area contributed by atoms with Crippen LogP contribution in [0, 0.1) is 0 Å². The Labute approximate surface area is 123 Å². The van der Waals surface area contributed by atoms with Crippen LogP contribution in [-0.2, 0) is 11.2 Å². The topological polar surface area (TPSA) is 24.5 Å². The zero-order chi connectivity index (χ0) is 14.4. The van der Waals surface area contributed by atoms with E-state index in [1.54, 1.807) is 7.11 Å². The fraction of sp³-hybridized carbons (Fsp3) is 0.647. The van der Waals surface area contributed by atoms with Gasteiger partial charge in [-0.3, -0.25) is 4.90 Å². The van der Waals surface area contributed by atoms with Crippen LogP contribution < -0.4 is 5.32 Å². The molecule has 1 aromatic carbocycles. The zero-order valence-corrected chi connectivity index (χ0v) is 13.1. The summed E-state index contributed by atoms with van der Waals surface area (Å²) in [5.74, 6) is 0. The molecule has 0 aromatic heterocycles. The smallest absolute Gasteiger partial charge is 0.0589 e. The average Bonchev–Trinajstić information content (AvgIpc) is 2.88. The van der Waals surface area contributed by atoms with E-state index in [0.717, 1.165) is 26.1 Å². The summed E-state index contributed by atoms with van der Waals surface area (Å²) in [7, 11) is 1.79. The molecule has 1 unspecified atom stereocenters. The van der Waals surface area contributed by atoms with Crippen LogP contribution in [-0.4, -0.2) is 43.8 Å². The Balaban J connectivity index is 1.95. The van der Waals surface area contributed by atoms with Crippen LogP contribution in [0.3, 0.4) is 0 Å². The van der Waals surface area contributed by atoms with Crippen molar-refractivity contribution in [2.45, 2.75) is 45.2 Å². The highest BCUT2D eigenvalue weighted by Crippen LogP contribution is 2.26. The highest BCUT2D eigenvalue weighted by atomic mass is 16.5. The Morgan fingerprint density at radius 3 is 2.70 bits per heavy atom. The molecule has 0 aliphatic carbocycles. The first-order chi connectivity index (χ1) is 9.78. The Morgan fingerprint density at radius 1 is 1.30 bits per heavy atom. The van der Waals surface area contributed by atoms with Crippen molar-refractivity contribution in [3.05, 3.63) is 29.8 Å². The molecule has 1 N–H and O–H groups in total. The van der Waals surface area contributed by atoms with E-state index in [1.807, 2.05) is 0 Å². The summed E-state index contributed by atoms with van der Waals surface area (Å²) in [5.41, 5.74) is 2.77. The van der Waals surface area contributed by atoms with Crippen LogP contribution in [0.4, 0.5) is 5.69 Å². The number of para-hydroxylation sites is 1. The molecule has 1 aliphatic rings. The molecule has 0 amide bonds. The van der Waals surface area contributed by atoms with Crippen molar-refractivity contribution in [3.8, 4) is 0 Å². The lowest BCUT2D eigenvalue weighted by Gasteiger charge is -2.32. The van der Waals surface area contributed by atoms with Gasteiger partial charge in [0.2, 0.25) is 0 Å². The van der Waals surface area contributed by atoms with Gasteiger partial charge in [-0.25, -0.2) is 0 Å². The van der Waals surface area contributed by atoms with Gasteiger partial charge >= 0.3 is 0 Å². The fourth-order valence-electron chi connectivity index (χ4n) is 3.21. The van der Waals surface area contributed by atoms with Gasteiger partial charge in [0, 0.05) is 38.0 Å². The molecule has 1 atom stereocenters. The first-order valence-electron chi connectivity index (χ1n) is 7.85. The minimum absolute atomic E-state index is 0.532. The van der Waals surface area contributed by atoms with Crippen LogP contribution in [0.2, 0.25) is 0 Å². The standard InChI is InChI=1S/C17H28N2O/c1-4-16(5-2)19(10-11-20-3)13-15-12-14-8-6-7-9-17(14)18-15/h6-9,15-16,18H,4-5,10-13H2,1-3H3. The van der Waals surface area contributed by atoms with Crippen molar-refractivity contribution >= 4 is 5.69 Å². The number of rotatable bonds is 8. The highest BCUT2D eigenvalue weighted by Gasteiger charge is 2.24. The SMILES string of the molecule is CCC(CC)N(CCOC)CC1Cc2ccccc2N1.